The number of benzene rings is 2. The maximum Gasteiger partial charge on any atom is 0.120 e. The molecule has 0 amide bonds. The summed E-state index contributed by atoms with van der Waals surface area (Å²) in [5.74, 6) is 0.753. The number of halogens is 1. The highest BCUT2D eigenvalue weighted by molar-refractivity contribution is 6.31. The molecule has 0 saturated heterocycles. The van der Waals surface area contributed by atoms with Gasteiger partial charge in [0.1, 0.15) is 5.75 Å². The van der Waals surface area contributed by atoms with E-state index in [0.717, 1.165) is 22.7 Å². The molecule has 18 heavy (non-hydrogen) atoms. The smallest absolute Gasteiger partial charge is 0.120 e. The van der Waals surface area contributed by atoms with Crippen LogP contribution in [0.5, 0.6) is 5.75 Å². The molecule has 2 aromatic rings. The van der Waals surface area contributed by atoms with Gasteiger partial charge < -0.3 is 15.8 Å². The zero-order chi connectivity index (χ0) is 13.0. The van der Waals surface area contributed by atoms with Crippen molar-refractivity contribution < 1.29 is 4.74 Å². The minimum absolute atomic E-state index is 0.622. The number of methoxy groups -OCH3 is 1. The molecule has 0 bridgehead atoms. The maximum absolute atomic E-state index is 6.16. The van der Waals surface area contributed by atoms with Crippen LogP contribution < -0.4 is 15.8 Å². The van der Waals surface area contributed by atoms with Crippen molar-refractivity contribution in [2.75, 3.05) is 18.2 Å². The zero-order valence-corrected chi connectivity index (χ0v) is 10.9. The minimum atomic E-state index is 0.622. The molecule has 0 fully saturated rings. The number of para-hydroxylation sites is 2. The molecule has 0 spiro atoms. The number of nitrogens with one attached hydrogen (secondary N) is 1. The van der Waals surface area contributed by atoms with Crippen LogP contribution in [-0.2, 0) is 6.54 Å². The van der Waals surface area contributed by atoms with Crippen molar-refractivity contribution in [2.24, 2.45) is 0 Å². The molecule has 0 unspecified atom stereocenters. The Morgan fingerprint density at radius 3 is 2.67 bits per heavy atom. The highest BCUT2D eigenvalue weighted by Crippen LogP contribution is 2.24. The van der Waals surface area contributed by atoms with E-state index in [0.29, 0.717) is 11.6 Å². The van der Waals surface area contributed by atoms with Crippen molar-refractivity contribution in [3.63, 3.8) is 0 Å². The SMILES string of the molecule is COc1ccc(CNc2ccccc2N)c(Cl)c1. The van der Waals surface area contributed by atoms with E-state index in [4.69, 9.17) is 22.1 Å². The Balaban J connectivity index is 2.09. The quantitative estimate of drug-likeness (QED) is 0.829. The lowest BCUT2D eigenvalue weighted by Crippen LogP contribution is -2.02. The van der Waals surface area contributed by atoms with Gasteiger partial charge in [-0.05, 0) is 29.8 Å². The fourth-order valence-corrected chi connectivity index (χ4v) is 1.88. The molecule has 0 atom stereocenters. The van der Waals surface area contributed by atoms with E-state index in [-0.39, 0.29) is 0 Å². The summed E-state index contributed by atoms with van der Waals surface area (Å²) in [7, 11) is 1.62. The Labute approximate surface area is 112 Å². The number of hydrogen-bond donors (Lipinski definition) is 2. The average molecular weight is 263 g/mol. The van der Waals surface area contributed by atoms with E-state index in [1.807, 2.05) is 36.4 Å². The van der Waals surface area contributed by atoms with Crippen LogP contribution in [-0.4, -0.2) is 7.11 Å². The monoisotopic (exact) mass is 262 g/mol. The van der Waals surface area contributed by atoms with Gasteiger partial charge in [-0.15, -0.1) is 0 Å². The minimum Gasteiger partial charge on any atom is -0.497 e. The summed E-state index contributed by atoms with van der Waals surface area (Å²) < 4.78 is 5.11. The first-order valence-electron chi connectivity index (χ1n) is 5.61. The van der Waals surface area contributed by atoms with Gasteiger partial charge >= 0.3 is 0 Å². The van der Waals surface area contributed by atoms with Crippen LogP contribution in [0.4, 0.5) is 11.4 Å². The summed E-state index contributed by atoms with van der Waals surface area (Å²) in [6.45, 7) is 0.622. The molecular weight excluding hydrogens is 248 g/mol. The van der Waals surface area contributed by atoms with Gasteiger partial charge in [0.2, 0.25) is 0 Å². The van der Waals surface area contributed by atoms with Gasteiger partial charge in [0.05, 0.1) is 18.5 Å². The zero-order valence-electron chi connectivity index (χ0n) is 10.1. The van der Waals surface area contributed by atoms with Crippen molar-refractivity contribution in [3.05, 3.63) is 53.1 Å². The molecule has 3 N–H and O–H groups in total. The summed E-state index contributed by atoms with van der Waals surface area (Å²) in [6.07, 6.45) is 0. The molecule has 0 radical (unpaired) electrons. The number of nitrogen functional groups attached to an aromatic ring is 1. The largest absolute Gasteiger partial charge is 0.497 e. The van der Waals surface area contributed by atoms with Gasteiger partial charge in [0, 0.05) is 11.6 Å². The molecule has 3 nitrogen and oxygen atoms in total. The standard InChI is InChI=1S/C14H15ClN2O/c1-18-11-7-6-10(12(15)8-11)9-17-14-5-3-2-4-13(14)16/h2-8,17H,9,16H2,1H3. The van der Waals surface area contributed by atoms with Gasteiger partial charge in [-0.1, -0.05) is 29.8 Å². The van der Waals surface area contributed by atoms with Crippen LogP contribution in [0.15, 0.2) is 42.5 Å². The van der Waals surface area contributed by atoms with Gasteiger partial charge in [-0.25, -0.2) is 0 Å². The molecular formula is C14H15ClN2O. The van der Waals surface area contributed by atoms with E-state index in [9.17, 15) is 0 Å². The predicted octanol–water partition coefficient (Wildman–Crippen LogP) is 3.54. The second kappa shape index (κ2) is 5.65. The molecule has 0 aromatic heterocycles. The van der Waals surface area contributed by atoms with Gasteiger partial charge in [-0.3, -0.25) is 0 Å². The Morgan fingerprint density at radius 1 is 1.22 bits per heavy atom. The Morgan fingerprint density at radius 2 is 2.00 bits per heavy atom. The lowest BCUT2D eigenvalue weighted by atomic mass is 10.2. The molecule has 2 aromatic carbocycles. The summed E-state index contributed by atoms with van der Waals surface area (Å²) in [5, 5.41) is 3.93. The predicted molar refractivity (Wildman–Crippen MR) is 76.2 cm³/mol. The van der Waals surface area contributed by atoms with E-state index in [1.54, 1.807) is 13.2 Å². The number of rotatable bonds is 4. The van der Waals surface area contributed by atoms with Crippen LogP contribution in [0, 0.1) is 0 Å². The van der Waals surface area contributed by atoms with Crippen LogP contribution in [0.25, 0.3) is 0 Å². The summed E-state index contributed by atoms with van der Waals surface area (Å²) >= 11 is 6.16. The first-order valence-corrected chi connectivity index (χ1v) is 5.99. The second-order valence-electron chi connectivity index (χ2n) is 3.90. The first-order chi connectivity index (χ1) is 8.70. The highest BCUT2D eigenvalue weighted by Gasteiger charge is 2.03. The fraction of sp³-hybridized carbons (Fsp3) is 0.143. The molecule has 94 valence electrons. The third kappa shape index (κ3) is 2.87. The van der Waals surface area contributed by atoms with Crippen molar-refractivity contribution in [3.8, 4) is 5.75 Å². The number of anilines is 2. The first kappa shape index (κ1) is 12.6. The fourth-order valence-electron chi connectivity index (χ4n) is 1.65. The second-order valence-corrected chi connectivity index (χ2v) is 4.31. The van der Waals surface area contributed by atoms with Crippen LogP contribution in [0.2, 0.25) is 5.02 Å². The van der Waals surface area contributed by atoms with Crippen LogP contribution in [0.1, 0.15) is 5.56 Å². The Bertz CT molecular complexity index is 543. The highest BCUT2D eigenvalue weighted by atomic mass is 35.5. The molecule has 0 heterocycles. The third-order valence-corrected chi connectivity index (χ3v) is 3.04. The average Bonchev–Trinajstić information content (AvgIpc) is 2.39. The summed E-state index contributed by atoms with van der Waals surface area (Å²) in [6, 6.07) is 13.3. The maximum atomic E-state index is 6.16. The Kier molecular flexibility index (Phi) is 3.95. The lowest BCUT2D eigenvalue weighted by Gasteiger charge is -2.11. The van der Waals surface area contributed by atoms with Gasteiger partial charge in [0.25, 0.3) is 0 Å². The number of ether oxygens (including phenoxy) is 1. The van der Waals surface area contributed by atoms with Crippen LogP contribution >= 0.6 is 11.6 Å². The molecule has 0 aliphatic carbocycles. The van der Waals surface area contributed by atoms with E-state index < -0.39 is 0 Å². The number of hydrogen-bond acceptors (Lipinski definition) is 3. The molecule has 0 aliphatic rings. The van der Waals surface area contributed by atoms with Gasteiger partial charge in [-0.2, -0.15) is 0 Å². The topological polar surface area (TPSA) is 47.3 Å². The summed E-state index contributed by atoms with van der Waals surface area (Å²) in [5.41, 5.74) is 8.48. The van der Waals surface area contributed by atoms with Gasteiger partial charge in [0.15, 0.2) is 0 Å². The van der Waals surface area contributed by atoms with E-state index >= 15 is 0 Å². The van der Waals surface area contributed by atoms with E-state index in [2.05, 4.69) is 5.32 Å². The molecule has 4 heteroatoms. The normalized spacial score (nSPS) is 10.1. The molecule has 2 rings (SSSR count). The molecule has 0 saturated carbocycles. The van der Waals surface area contributed by atoms with E-state index in [1.165, 1.54) is 0 Å². The lowest BCUT2D eigenvalue weighted by molar-refractivity contribution is 0.414. The van der Waals surface area contributed by atoms with Crippen LogP contribution in [0.3, 0.4) is 0 Å². The van der Waals surface area contributed by atoms with Crippen molar-refractivity contribution >= 4 is 23.0 Å². The Hall–Kier alpha value is -1.87. The number of nitrogens with two attached hydrogens (primary N) is 1. The third-order valence-electron chi connectivity index (χ3n) is 2.69. The van der Waals surface area contributed by atoms with Crippen molar-refractivity contribution in [2.45, 2.75) is 6.54 Å². The molecule has 0 aliphatic heterocycles. The van der Waals surface area contributed by atoms with Crippen molar-refractivity contribution in [1.29, 1.82) is 0 Å². The van der Waals surface area contributed by atoms with Crippen molar-refractivity contribution in [1.82, 2.24) is 0 Å². The summed E-state index contributed by atoms with van der Waals surface area (Å²) in [4.78, 5) is 0.